The van der Waals surface area contributed by atoms with E-state index in [0.29, 0.717) is 40.4 Å². The molecule has 2 fully saturated rings. The van der Waals surface area contributed by atoms with E-state index in [0.717, 1.165) is 18.8 Å². The highest BCUT2D eigenvalue weighted by Gasteiger charge is 2.53. The fourth-order valence-corrected chi connectivity index (χ4v) is 4.58. The van der Waals surface area contributed by atoms with Crippen LogP contribution < -0.4 is 25.7 Å². The highest BCUT2D eigenvalue weighted by molar-refractivity contribution is 5.78. The molecule has 2 aromatic rings. The van der Waals surface area contributed by atoms with Crippen LogP contribution in [0.2, 0.25) is 0 Å². The summed E-state index contributed by atoms with van der Waals surface area (Å²) >= 11 is 0. The molecule has 1 saturated carbocycles. The molecule has 2 aliphatic heterocycles. The van der Waals surface area contributed by atoms with E-state index in [1.807, 2.05) is 25.1 Å². The zero-order valence-electron chi connectivity index (χ0n) is 15.7. The van der Waals surface area contributed by atoms with Gasteiger partial charge in [0.15, 0.2) is 5.75 Å². The Balaban J connectivity index is 1.57. The van der Waals surface area contributed by atoms with Crippen molar-refractivity contribution >= 4 is 11.8 Å². The molecule has 9 nitrogen and oxygen atoms in total. The standard InChI is InChI=1S/C20H21N3O6/c1-8-7-28-13-4-9(23-5-11-12(6-23)15(11)21)2-3-10(13)16-14(8)17(24)18(19(25)22-16)29-20(26)27/h2-4,8,11-12,15H,5-7,21H2,1H3,(H,26,27)(H2,22,24,25)/t8?,11-,12+,15?. The van der Waals surface area contributed by atoms with Crippen molar-refractivity contribution in [2.75, 3.05) is 24.6 Å². The predicted octanol–water partition coefficient (Wildman–Crippen LogP) is 1.69. The molecule has 0 spiro atoms. The summed E-state index contributed by atoms with van der Waals surface area (Å²) in [5.74, 6) is 0.294. The number of carboxylic acid groups (broad SMARTS) is 1. The molecule has 3 aliphatic rings. The minimum absolute atomic E-state index is 0.256. The lowest BCUT2D eigenvalue weighted by Crippen LogP contribution is -2.27. The number of carbonyl (C=O) groups is 1. The molecule has 5 rings (SSSR count). The summed E-state index contributed by atoms with van der Waals surface area (Å²) in [6.07, 6.45) is -1.67. The fraction of sp³-hybridized carbons (Fsp3) is 0.400. The van der Waals surface area contributed by atoms with Gasteiger partial charge in [-0.25, -0.2) is 4.79 Å². The van der Waals surface area contributed by atoms with Crippen molar-refractivity contribution in [2.24, 2.45) is 17.6 Å². The second-order valence-electron chi connectivity index (χ2n) is 7.99. The number of piperidine rings is 1. The van der Waals surface area contributed by atoms with Crippen LogP contribution in [0.5, 0.6) is 17.2 Å². The van der Waals surface area contributed by atoms with E-state index in [1.165, 1.54) is 0 Å². The number of ether oxygens (including phenoxy) is 2. The predicted molar refractivity (Wildman–Crippen MR) is 104 cm³/mol. The number of fused-ring (bicyclic) bond motifs is 4. The number of rotatable bonds is 2. The third-order valence-electron chi connectivity index (χ3n) is 6.22. The molecule has 0 radical (unpaired) electrons. The molecule has 4 atom stereocenters. The number of aromatic hydroxyl groups is 1. The maximum absolute atomic E-state index is 12.4. The third-order valence-corrected chi connectivity index (χ3v) is 6.22. The van der Waals surface area contributed by atoms with Crippen LogP contribution in [-0.2, 0) is 0 Å². The highest BCUT2D eigenvalue weighted by atomic mass is 16.7. The smallest absolute Gasteiger partial charge is 0.504 e. The Bertz CT molecular complexity index is 1070. The van der Waals surface area contributed by atoms with Crippen LogP contribution in [0.1, 0.15) is 18.4 Å². The molecule has 1 saturated heterocycles. The first kappa shape index (κ1) is 17.9. The van der Waals surface area contributed by atoms with Crippen molar-refractivity contribution in [1.82, 2.24) is 4.98 Å². The molecule has 2 unspecified atom stereocenters. The van der Waals surface area contributed by atoms with Gasteiger partial charge in [0.05, 0.1) is 12.3 Å². The molecule has 1 aromatic heterocycles. The number of aromatic nitrogens is 1. The van der Waals surface area contributed by atoms with Crippen LogP contribution in [0.3, 0.4) is 0 Å². The molecule has 5 N–H and O–H groups in total. The Morgan fingerprint density at radius 3 is 2.76 bits per heavy atom. The topological polar surface area (TPSA) is 138 Å². The molecular weight excluding hydrogens is 378 g/mol. The number of nitrogens with two attached hydrogens (primary N) is 1. The number of benzene rings is 1. The van der Waals surface area contributed by atoms with Crippen molar-refractivity contribution in [3.05, 3.63) is 34.1 Å². The first-order valence-corrected chi connectivity index (χ1v) is 9.52. The van der Waals surface area contributed by atoms with E-state index in [9.17, 15) is 14.7 Å². The fourth-order valence-electron chi connectivity index (χ4n) is 4.58. The summed E-state index contributed by atoms with van der Waals surface area (Å²) in [6.45, 7) is 3.92. The Morgan fingerprint density at radius 1 is 1.34 bits per heavy atom. The summed E-state index contributed by atoms with van der Waals surface area (Å²) < 4.78 is 10.5. The molecule has 0 amide bonds. The average Bonchev–Trinajstić information content (AvgIpc) is 3.11. The van der Waals surface area contributed by atoms with Crippen molar-refractivity contribution in [3.8, 4) is 28.5 Å². The molecule has 1 aliphatic carbocycles. The number of hydrogen-bond donors (Lipinski definition) is 4. The molecule has 29 heavy (non-hydrogen) atoms. The SMILES string of the molecule is CC1COc2cc(N3C[C@@H]4C(N)[C@@H]4C3)ccc2-c2[nH]c(=O)c(OC(=O)O)c(O)c21. The third kappa shape index (κ3) is 2.72. The minimum Gasteiger partial charge on any atom is -0.504 e. The molecule has 1 aromatic carbocycles. The van der Waals surface area contributed by atoms with E-state index < -0.39 is 23.2 Å². The Hall–Kier alpha value is -3.20. The van der Waals surface area contributed by atoms with Crippen molar-refractivity contribution in [2.45, 2.75) is 18.9 Å². The van der Waals surface area contributed by atoms with Gasteiger partial charge < -0.3 is 35.3 Å². The number of pyridine rings is 1. The lowest BCUT2D eigenvalue weighted by atomic mass is 9.95. The van der Waals surface area contributed by atoms with E-state index in [4.69, 9.17) is 15.6 Å². The first-order chi connectivity index (χ1) is 13.8. The van der Waals surface area contributed by atoms with E-state index in [-0.39, 0.29) is 12.5 Å². The van der Waals surface area contributed by atoms with Gasteiger partial charge in [0, 0.05) is 47.9 Å². The summed E-state index contributed by atoms with van der Waals surface area (Å²) in [4.78, 5) is 28.2. The maximum atomic E-state index is 12.4. The van der Waals surface area contributed by atoms with Gasteiger partial charge in [0.25, 0.3) is 5.56 Å². The lowest BCUT2D eigenvalue weighted by molar-refractivity contribution is 0.142. The van der Waals surface area contributed by atoms with Crippen molar-refractivity contribution in [1.29, 1.82) is 0 Å². The van der Waals surface area contributed by atoms with Crippen LogP contribution in [0.15, 0.2) is 23.0 Å². The Kier molecular flexibility index (Phi) is 3.79. The summed E-state index contributed by atoms with van der Waals surface area (Å²) in [6, 6.07) is 6.05. The van der Waals surface area contributed by atoms with Gasteiger partial charge in [-0.2, -0.15) is 0 Å². The van der Waals surface area contributed by atoms with Crippen LogP contribution >= 0.6 is 0 Å². The van der Waals surface area contributed by atoms with Crippen molar-refractivity contribution in [3.63, 3.8) is 0 Å². The Labute approximate surface area is 165 Å². The van der Waals surface area contributed by atoms with E-state index in [2.05, 4.69) is 14.6 Å². The number of H-pyrrole nitrogens is 1. The highest BCUT2D eigenvalue weighted by Crippen LogP contribution is 2.48. The minimum atomic E-state index is -1.67. The summed E-state index contributed by atoms with van der Waals surface area (Å²) in [5, 5.41) is 19.4. The van der Waals surface area contributed by atoms with E-state index in [1.54, 1.807) is 0 Å². The second-order valence-corrected chi connectivity index (χ2v) is 7.99. The van der Waals surface area contributed by atoms with Gasteiger partial charge in [-0.1, -0.05) is 6.92 Å². The van der Waals surface area contributed by atoms with Gasteiger partial charge >= 0.3 is 6.16 Å². The van der Waals surface area contributed by atoms with Gasteiger partial charge in [-0.15, -0.1) is 0 Å². The lowest BCUT2D eigenvalue weighted by Gasteiger charge is -2.22. The normalized spacial score (nSPS) is 26.6. The van der Waals surface area contributed by atoms with Crippen LogP contribution in [-0.4, -0.2) is 47.1 Å². The Morgan fingerprint density at radius 2 is 2.07 bits per heavy atom. The molecule has 9 heteroatoms. The maximum Gasteiger partial charge on any atom is 0.511 e. The quantitative estimate of drug-likeness (QED) is 0.560. The number of anilines is 1. The summed E-state index contributed by atoms with van der Waals surface area (Å²) in [7, 11) is 0. The monoisotopic (exact) mass is 399 g/mol. The number of aromatic amines is 1. The van der Waals surface area contributed by atoms with Crippen molar-refractivity contribution < 1.29 is 24.5 Å². The molecule has 152 valence electrons. The van der Waals surface area contributed by atoms with E-state index >= 15 is 0 Å². The largest absolute Gasteiger partial charge is 0.511 e. The number of hydrogen-bond acceptors (Lipinski definition) is 7. The zero-order valence-corrected chi connectivity index (χ0v) is 15.7. The number of nitrogens with one attached hydrogen (secondary N) is 1. The van der Waals surface area contributed by atoms with Gasteiger partial charge in [0.1, 0.15) is 5.75 Å². The van der Waals surface area contributed by atoms with Crippen LogP contribution in [0, 0.1) is 11.8 Å². The van der Waals surface area contributed by atoms with Crippen LogP contribution in [0.4, 0.5) is 10.5 Å². The summed E-state index contributed by atoms with van der Waals surface area (Å²) in [5.41, 5.74) is 7.66. The molecule has 0 bridgehead atoms. The second kappa shape index (κ2) is 6.15. The molecular formula is C20H21N3O6. The first-order valence-electron chi connectivity index (χ1n) is 9.52. The van der Waals surface area contributed by atoms with Crippen LogP contribution in [0.25, 0.3) is 11.3 Å². The average molecular weight is 399 g/mol. The molecule has 3 heterocycles. The van der Waals surface area contributed by atoms with Gasteiger partial charge in [-0.05, 0) is 24.0 Å². The van der Waals surface area contributed by atoms with Gasteiger partial charge in [-0.3, -0.25) is 4.79 Å². The zero-order chi connectivity index (χ0) is 20.4. The van der Waals surface area contributed by atoms with Gasteiger partial charge in [0.2, 0.25) is 5.75 Å². The number of nitrogens with zero attached hydrogens (tertiary/aromatic N) is 1.